The van der Waals surface area contributed by atoms with Crippen LogP contribution in [-0.2, 0) is 13.1 Å². The van der Waals surface area contributed by atoms with Crippen LogP contribution in [0.25, 0.3) is 0 Å². The van der Waals surface area contributed by atoms with Gasteiger partial charge in [-0.05, 0) is 39.8 Å². The Morgan fingerprint density at radius 1 is 1.42 bits per heavy atom. The summed E-state index contributed by atoms with van der Waals surface area (Å²) < 4.78 is 1.81. The molecule has 0 radical (unpaired) electrons. The standard InChI is InChI=1S/C14H26N4O/c1-15-13-3-5-14(6-4-13)17(2)10-12-9-16-18(11-12)7-8-19/h9,11,13-15,19H,3-8,10H2,1-2H3. The zero-order chi connectivity index (χ0) is 13.7. The smallest absolute Gasteiger partial charge is 0.0640 e. The predicted octanol–water partition coefficient (Wildman–Crippen LogP) is 0.838. The molecule has 0 spiro atoms. The van der Waals surface area contributed by atoms with E-state index in [0.717, 1.165) is 6.54 Å². The third-order valence-electron chi connectivity index (χ3n) is 4.18. The maximum absolute atomic E-state index is 8.89. The van der Waals surface area contributed by atoms with E-state index in [1.54, 1.807) is 4.68 Å². The third kappa shape index (κ3) is 4.03. The molecule has 0 unspecified atom stereocenters. The molecule has 0 atom stereocenters. The summed E-state index contributed by atoms with van der Waals surface area (Å²) in [5.41, 5.74) is 1.23. The van der Waals surface area contributed by atoms with Crippen LogP contribution in [0.4, 0.5) is 0 Å². The Kier molecular flexibility index (Phi) is 5.36. The molecule has 1 heterocycles. The Morgan fingerprint density at radius 3 is 2.79 bits per heavy atom. The van der Waals surface area contributed by atoms with Gasteiger partial charge in [0.15, 0.2) is 0 Å². The normalized spacial score (nSPS) is 24.0. The summed E-state index contributed by atoms with van der Waals surface area (Å²) in [6.45, 7) is 1.67. The number of nitrogens with one attached hydrogen (secondary N) is 1. The molecule has 2 N–H and O–H groups in total. The van der Waals surface area contributed by atoms with Crippen molar-refractivity contribution >= 4 is 0 Å². The maximum atomic E-state index is 8.89. The van der Waals surface area contributed by atoms with Crippen LogP contribution in [0, 0.1) is 0 Å². The van der Waals surface area contributed by atoms with Crippen LogP contribution in [-0.4, -0.2) is 52.6 Å². The fourth-order valence-electron chi connectivity index (χ4n) is 2.94. The Morgan fingerprint density at radius 2 is 2.16 bits per heavy atom. The van der Waals surface area contributed by atoms with Gasteiger partial charge in [-0.25, -0.2) is 0 Å². The molecule has 1 aliphatic carbocycles. The Balaban J connectivity index is 1.81. The van der Waals surface area contributed by atoms with Gasteiger partial charge in [0.2, 0.25) is 0 Å². The van der Waals surface area contributed by atoms with E-state index in [1.165, 1.54) is 31.2 Å². The van der Waals surface area contributed by atoms with Crippen molar-refractivity contribution < 1.29 is 5.11 Å². The molecule has 1 fully saturated rings. The number of rotatable bonds is 6. The first-order valence-corrected chi connectivity index (χ1v) is 7.22. The van der Waals surface area contributed by atoms with Gasteiger partial charge in [-0.3, -0.25) is 9.58 Å². The van der Waals surface area contributed by atoms with Crippen molar-refractivity contribution in [3.8, 4) is 0 Å². The molecule has 0 bridgehead atoms. The van der Waals surface area contributed by atoms with E-state index < -0.39 is 0 Å². The van der Waals surface area contributed by atoms with Crippen LogP contribution in [0.15, 0.2) is 12.4 Å². The lowest BCUT2D eigenvalue weighted by atomic mass is 9.90. The van der Waals surface area contributed by atoms with E-state index in [2.05, 4.69) is 29.4 Å². The van der Waals surface area contributed by atoms with Gasteiger partial charge in [0.25, 0.3) is 0 Å². The molecule has 5 nitrogen and oxygen atoms in total. The second-order valence-electron chi connectivity index (χ2n) is 5.54. The highest BCUT2D eigenvalue weighted by molar-refractivity contribution is 5.04. The topological polar surface area (TPSA) is 53.3 Å². The van der Waals surface area contributed by atoms with Crippen molar-refractivity contribution in [2.75, 3.05) is 20.7 Å². The van der Waals surface area contributed by atoms with Gasteiger partial charge in [0.1, 0.15) is 0 Å². The second-order valence-corrected chi connectivity index (χ2v) is 5.54. The second kappa shape index (κ2) is 7.03. The van der Waals surface area contributed by atoms with E-state index >= 15 is 0 Å². The zero-order valence-electron chi connectivity index (χ0n) is 12.0. The summed E-state index contributed by atoms with van der Waals surface area (Å²) in [6.07, 6.45) is 9.03. The number of aromatic nitrogens is 2. The largest absolute Gasteiger partial charge is 0.394 e. The van der Waals surface area contributed by atoms with Gasteiger partial charge in [-0.15, -0.1) is 0 Å². The van der Waals surface area contributed by atoms with Gasteiger partial charge in [0.05, 0.1) is 19.3 Å². The first-order chi connectivity index (χ1) is 9.22. The summed E-state index contributed by atoms with van der Waals surface area (Å²) in [4.78, 5) is 2.44. The quantitative estimate of drug-likeness (QED) is 0.801. The van der Waals surface area contributed by atoms with Crippen molar-refractivity contribution in [1.29, 1.82) is 0 Å². The average Bonchev–Trinajstić information content (AvgIpc) is 2.86. The van der Waals surface area contributed by atoms with Crippen molar-refractivity contribution in [3.63, 3.8) is 0 Å². The molecule has 0 saturated heterocycles. The lowest BCUT2D eigenvalue weighted by Crippen LogP contribution is -2.39. The summed E-state index contributed by atoms with van der Waals surface area (Å²) in [7, 11) is 4.26. The molecule has 1 aromatic heterocycles. The van der Waals surface area contributed by atoms with Gasteiger partial charge >= 0.3 is 0 Å². The van der Waals surface area contributed by atoms with E-state index in [4.69, 9.17) is 5.11 Å². The van der Waals surface area contributed by atoms with Crippen molar-refractivity contribution in [2.45, 2.75) is 50.9 Å². The molecule has 0 aliphatic heterocycles. The van der Waals surface area contributed by atoms with Crippen molar-refractivity contribution in [2.24, 2.45) is 0 Å². The van der Waals surface area contributed by atoms with Crippen LogP contribution in [0.3, 0.4) is 0 Å². The summed E-state index contributed by atoms with van der Waals surface area (Å²) in [6, 6.07) is 1.39. The Labute approximate surface area is 115 Å². The van der Waals surface area contributed by atoms with Crippen LogP contribution in [0.1, 0.15) is 31.2 Å². The molecule has 0 aromatic carbocycles. The van der Waals surface area contributed by atoms with Crippen LogP contribution in [0.5, 0.6) is 0 Å². The van der Waals surface area contributed by atoms with Crippen molar-refractivity contribution in [1.82, 2.24) is 20.0 Å². The predicted molar refractivity (Wildman–Crippen MR) is 75.9 cm³/mol. The number of nitrogens with zero attached hydrogens (tertiary/aromatic N) is 3. The fourth-order valence-corrected chi connectivity index (χ4v) is 2.94. The van der Waals surface area contributed by atoms with Crippen molar-refractivity contribution in [3.05, 3.63) is 18.0 Å². The first kappa shape index (κ1) is 14.5. The summed E-state index contributed by atoms with van der Waals surface area (Å²) >= 11 is 0. The fraction of sp³-hybridized carbons (Fsp3) is 0.786. The average molecular weight is 266 g/mol. The van der Waals surface area contributed by atoms with Gasteiger partial charge < -0.3 is 10.4 Å². The Hall–Kier alpha value is -0.910. The Bertz CT molecular complexity index is 371. The van der Waals surface area contributed by atoms with Crippen LogP contribution in [0.2, 0.25) is 0 Å². The lowest BCUT2D eigenvalue weighted by molar-refractivity contribution is 0.170. The van der Waals surface area contributed by atoms with E-state index in [-0.39, 0.29) is 6.61 Å². The number of aliphatic hydroxyl groups excluding tert-OH is 1. The molecule has 0 amide bonds. The maximum Gasteiger partial charge on any atom is 0.0640 e. The highest BCUT2D eigenvalue weighted by Gasteiger charge is 2.23. The molecule has 1 aromatic rings. The first-order valence-electron chi connectivity index (χ1n) is 7.22. The van der Waals surface area contributed by atoms with E-state index in [0.29, 0.717) is 18.6 Å². The molecule has 2 rings (SSSR count). The van der Waals surface area contributed by atoms with Gasteiger partial charge in [0, 0.05) is 30.4 Å². The number of aliphatic hydroxyl groups is 1. The molecule has 19 heavy (non-hydrogen) atoms. The lowest BCUT2D eigenvalue weighted by Gasteiger charge is -2.34. The van der Waals surface area contributed by atoms with Crippen LogP contribution >= 0.6 is 0 Å². The minimum Gasteiger partial charge on any atom is -0.394 e. The molecule has 1 saturated carbocycles. The van der Waals surface area contributed by atoms with Gasteiger partial charge in [-0.2, -0.15) is 5.10 Å². The molecular weight excluding hydrogens is 240 g/mol. The zero-order valence-corrected chi connectivity index (χ0v) is 12.0. The van der Waals surface area contributed by atoms with Crippen LogP contribution < -0.4 is 5.32 Å². The third-order valence-corrected chi connectivity index (χ3v) is 4.18. The molecule has 5 heteroatoms. The highest BCUT2D eigenvalue weighted by Crippen LogP contribution is 2.23. The molecule has 1 aliphatic rings. The van der Waals surface area contributed by atoms with E-state index in [9.17, 15) is 0 Å². The molecular formula is C14H26N4O. The SMILES string of the molecule is CNC1CCC(N(C)Cc2cnn(CCO)c2)CC1. The number of hydrogen-bond donors (Lipinski definition) is 2. The summed E-state index contributed by atoms with van der Waals surface area (Å²) in [5.74, 6) is 0. The minimum absolute atomic E-state index is 0.144. The minimum atomic E-state index is 0.144. The van der Waals surface area contributed by atoms with E-state index in [1.807, 2.05) is 12.4 Å². The highest BCUT2D eigenvalue weighted by atomic mass is 16.3. The molecule has 108 valence electrons. The number of hydrogen-bond acceptors (Lipinski definition) is 4. The van der Waals surface area contributed by atoms with Gasteiger partial charge in [-0.1, -0.05) is 0 Å². The summed E-state index contributed by atoms with van der Waals surface area (Å²) in [5, 5.41) is 16.5. The monoisotopic (exact) mass is 266 g/mol.